The average Bonchev–Trinajstić information content (AvgIpc) is 2.42. The van der Waals surface area contributed by atoms with Crippen LogP contribution in [0.25, 0.3) is 11.4 Å². The number of hydrogen-bond donors (Lipinski definition) is 1. The number of nitrogens with one attached hydrogen (secondary N) is 1. The summed E-state index contributed by atoms with van der Waals surface area (Å²) in [5, 5.41) is 3.34. The predicted octanol–water partition coefficient (Wildman–Crippen LogP) is 3.79. The Morgan fingerprint density at radius 1 is 1.30 bits per heavy atom. The highest BCUT2D eigenvalue weighted by molar-refractivity contribution is 9.10. The number of hydrogen-bond acceptors (Lipinski definition) is 3. The molecule has 0 aliphatic rings. The van der Waals surface area contributed by atoms with Gasteiger partial charge < -0.3 is 5.32 Å². The normalized spacial score (nSPS) is 11.1. The van der Waals surface area contributed by atoms with Crippen molar-refractivity contribution in [2.45, 2.75) is 20.4 Å². The average molecular weight is 338 g/mol. The maximum atomic E-state index is 13.2. The second kappa shape index (κ2) is 6.90. The quantitative estimate of drug-likeness (QED) is 0.901. The monoisotopic (exact) mass is 337 g/mol. The fourth-order valence-corrected chi connectivity index (χ4v) is 2.14. The van der Waals surface area contributed by atoms with Gasteiger partial charge in [-0.3, -0.25) is 0 Å². The zero-order valence-electron chi connectivity index (χ0n) is 11.5. The smallest absolute Gasteiger partial charge is 0.159 e. The van der Waals surface area contributed by atoms with E-state index in [4.69, 9.17) is 0 Å². The van der Waals surface area contributed by atoms with Crippen LogP contribution in [0.4, 0.5) is 4.39 Å². The fraction of sp³-hybridized carbons (Fsp3) is 0.333. The Morgan fingerprint density at radius 2 is 2.10 bits per heavy atom. The second-order valence-electron chi connectivity index (χ2n) is 5.03. The van der Waals surface area contributed by atoms with Crippen LogP contribution in [0, 0.1) is 11.7 Å². The third kappa shape index (κ3) is 4.08. The molecule has 20 heavy (non-hydrogen) atoms. The van der Waals surface area contributed by atoms with Crippen molar-refractivity contribution >= 4 is 15.9 Å². The third-order valence-electron chi connectivity index (χ3n) is 2.75. The molecule has 0 spiro atoms. The van der Waals surface area contributed by atoms with Crippen LogP contribution in [-0.4, -0.2) is 16.5 Å². The van der Waals surface area contributed by atoms with E-state index >= 15 is 0 Å². The Labute approximate surface area is 126 Å². The van der Waals surface area contributed by atoms with E-state index in [1.54, 1.807) is 18.3 Å². The molecule has 0 radical (unpaired) electrons. The first kappa shape index (κ1) is 15.1. The third-order valence-corrected chi connectivity index (χ3v) is 3.36. The summed E-state index contributed by atoms with van der Waals surface area (Å²) in [5.41, 5.74) is 1.72. The molecule has 0 unspecified atom stereocenters. The van der Waals surface area contributed by atoms with E-state index in [2.05, 4.69) is 45.1 Å². The van der Waals surface area contributed by atoms with E-state index < -0.39 is 0 Å². The van der Waals surface area contributed by atoms with Crippen molar-refractivity contribution in [3.63, 3.8) is 0 Å². The van der Waals surface area contributed by atoms with Gasteiger partial charge in [0.15, 0.2) is 5.82 Å². The lowest BCUT2D eigenvalue weighted by molar-refractivity contribution is 0.548. The van der Waals surface area contributed by atoms with Gasteiger partial charge in [0.25, 0.3) is 0 Å². The van der Waals surface area contributed by atoms with Gasteiger partial charge in [0, 0.05) is 18.3 Å². The Bertz CT molecular complexity index is 587. The van der Waals surface area contributed by atoms with Crippen molar-refractivity contribution < 1.29 is 4.39 Å². The Hall–Kier alpha value is -1.33. The van der Waals surface area contributed by atoms with Crippen LogP contribution >= 0.6 is 15.9 Å². The van der Waals surface area contributed by atoms with Crippen molar-refractivity contribution in [3.8, 4) is 11.4 Å². The standard InChI is InChI=1S/C15H17BrFN3/c1-10(2)8-18-9-12-5-6-19-15(20-12)11-3-4-14(17)13(16)7-11/h3-7,10,18H,8-9H2,1-2H3. The van der Waals surface area contributed by atoms with Gasteiger partial charge in [0.1, 0.15) is 5.82 Å². The molecular formula is C15H17BrFN3. The van der Waals surface area contributed by atoms with Gasteiger partial charge in [-0.1, -0.05) is 13.8 Å². The summed E-state index contributed by atoms with van der Waals surface area (Å²) >= 11 is 3.18. The SMILES string of the molecule is CC(C)CNCc1ccnc(-c2ccc(F)c(Br)c2)n1. The van der Waals surface area contributed by atoms with Gasteiger partial charge >= 0.3 is 0 Å². The highest BCUT2D eigenvalue weighted by Crippen LogP contribution is 2.22. The van der Waals surface area contributed by atoms with Gasteiger partial charge in [-0.25, -0.2) is 14.4 Å². The summed E-state index contributed by atoms with van der Waals surface area (Å²) in [5.74, 6) is 0.919. The highest BCUT2D eigenvalue weighted by Gasteiger charge is 2.06. The molecule has 3 nitrogen and oxygen atoms in total. The number of benzene rings is 1. The minimum atomic E-state index is -0.288. The van der Waals surface area contributed by atoms with Crippen LogP contribution in [0.2, 0.25) is 0 Å². The molecule has 0 amide bonds. The highest BCUT2D eigenvalue weighted by atomic mass is 79.9. The predicted molar refractivity (Wildman–Crippen MR) is 81.7 cm³/mol. The summed E-state index contributed by atoms with van der Waals surface area (Å²) in [6.45, 7) is 5.97. The van der Waals surface area contributed by atoms with Crippen molar-refractivity contribution in [1.29, 1.82) is 0 Å². The maximum Gasteiger partial charge on any atom is 0.159 e. The molecule has 0 aliphatic carbocycles. The summed E-state index contributed by atoms with van der Waals surface area (Å²) in [7, 11) is 0. The molecule has 106 valence electrons. The molecule has 0 saturated heterocycles. The molecule has 0 bridgehead atoms. The molecular weight excluding hydrogens is 321 g/mol. The molecule has 0 fully saturated rings. The zero-order chi connectivity index (χ0) is 14.5. The maximum absolute atomic E-state index is 13.2. The first-order valence-corrected chi connectivity index (χ1v) is 7.33. The lowest BCUT2D eigenvalue weighted by atomic mass is 10.2. The van der Waals surface area contributed by atoms with E-state index in [9.17, 15) is 4.39 Å². The molecule has 2 aromatic rings. The Kier molecular flexibility index (Phi) is 5.20. The summed E-state index contributed by atoms with van der Waals surface area (Å²) < 4.78 is 13.7. The van der Waals surface area contributed by atoms with Crippen LogP contribution in [0.1, 0.15) is 19.5 Å². The van der Waals surface area contributed by atoms with Crippen LogP contribution < -0.4 is 5.32 Å². The van der Waals surface area contributed by atoms with E-state index in [1.165, 1.54) is 6.07 Å². The van der Waals surface area contributed by atoms with Gasteiger partial charge in [-0.15, -0.1) is 0 Å². The van der Waals surface area contributed by atoms with Gasteiger partial charge in [0.2, 0.25) is 0 Å². The van der Waals surface area contributed by atoms with Crippen LogP contribution in [0.5, 0.6) is 0 Å². The zero-order valence-corrected chi connectivity index (χ0v) is 13.1. The van der Waals surface area contributed by atoms with Gasteiger partial charge in [-0.2, -0.15) is 0 Å². The van der Waals surface area contributed by atoms with Crippen molar-refractivity contribution in [3.05, 3.63) is 46.4 Å². The van der Waals surface area contributed by atoms with Crippen LogP contribution in [0.3, 0.4) is 0 Å². The molecule has 0 saturated carbocycles. The minimum Gasteiger partial charge on any atom is -0.311 e. The Balaban J connectivity index is 2.14. The number of rotatable bonds is 5. The van der Waals surface area contributed by atoms with E-state index in [0.29, 0.717) is 22.8 Å². The minimum absolute atomic E-state index is 0.288. The van der Waals surface area contributed by atoms with Crippen molar-refractivity contribution in [2.75, 3.05) is 6.54 Å². The summed E-state index contributed by atoms with van der Waals surface area (Å²) in [4.78, 5) is 8.74. The topological polar surface area (TPSA) is 37.8 Å². The van der Waals surface area contributed by atoms with E-state index in [-0.39, 0.29) is 5.82 Å². The van der Waals surface area contributed by atoms with Crippen molar-refractivity contribution in [2.24, 2.45) is 5.92 Å². The van der Waals surface area contributed by atoms with Crippen LogP contribution in [0.15, 0.2) is 34.9 Å². The molecule has 5 heteroatoms. The van der Waals surface area contributed by atoms with Gasteiger partial charge in [-0.05, 0) is 52.7 Å². The molecule has 1 aromatic carbocycles. The molecule has 1 N–H and O–H groups in total. The summed E-state index contributed by atoms with van der Waals surface area (Å²) in [6.07, 6.45) is 1.73. The number of nitrogens with zero attached hydrogens (tertiary/aromatic N) is 2. The number of aromatic nitrogens is 2. The summed E-state index contributed by atoms with van der Waals surface area (Å²) in [6, 6.07) is 6.67. The fourth-order valence-electron chi connectivity index (χ4n) is 1.76. The largest absolute Gasteiger partial charge is 0.311 e. The van der Waals surface area contributed by atoms with E-state index in [1.807, 2.05) is 6.07 Å². The van der Waals surface area contributed by atoms with Crippen LogP contribution in [-0.2, 0) is 6.54 Å². The molecule has 1 aromatic heterocycles. The number of halogens is 2. The van der Waals surface area contributed by atoms with Crippen molar-refractivity contribution in [1.82, 2.24) is 15.3 Å². The lowest BCUT2D eigenvalue weighted by Crippen LogP contribution is -2.19. The second-order valence-corrected chi connectivity index (χ2v) is 5.88. The molecule has 0 atom stereocenters. The molecule has 1 heterocycles. The first-order valence-electron chi connectivity index (χ1n) is 6.54. The van der Waals surface area contributed by atoms with E-state index in [0.717, 1.165) is 17.8 Å². The Morgan fingerprint density at radius 3 is 2.80 bits per heavy atom. The molecule has 0 aliphatic heterocycles. The van der Waals surface area contributed by atoms with Gasteiger partial charge in [0.05, 0.1) is 10.2 Å². The molecule has 2 rings (SSSR count). The lowest BCUT2D eigenvalue weighted by Gasteiger charge is -2.08. The first-order chi connectivity index (χ1) is 9.56.